The van der Waals surface area contributed by atoms with E-state index in [1.807, 2.05) is 18.2 Å². The molecule has 1 atom stereocenters. The molecule has 0 amide bonds. The summed E-state index contributed by atoms with van der Waals surface area (Å²) in [4.78, 5) is 13.6. The van der Waals surface area contributed by atoms with E-state index >= 15 is 0 Å². The quantitative estimate of drug-likeness (QED) is 0.613. The molecule has 3 heterocycles. The number of imidazole rings is 1. The Morgan fingerprint density at radius 2 is 2.09 bits per heavy atom. The molecule has 2 aromatic heterocycles. The first-order valence-electron chi connectivity index (χ1n) is 10.2. The summed E-state index contributed by atoms with van der Waals surface area (Å²) in [7, 11) is -0.648. The van der Waals surface area contributed by atoms with Gasteiger partial charge < -0.3 is 9.88 Å². The number of nitrogens with zero attached hydrogens (tertiary/aromatic N) is 6. The number of aromatic amines is 1. The number of hydrogen-bond acceptors (Lipinski definition) is 6. The van der Waals surface area contributed by atoms with Gasteiger partial charge in [-0.25, -0.2) is 4.98 Å². The van der Waals surface area contributed by atoms with Crippen molar-refractivity contribution in [3.8, 4) is 6.07 Å². The predicted octanol–water partition coefficient (Wildman–Crippen LogP) is 1.92. The van der Waals surface area contributed by atoms with Crippen LogP contribution in [0, 0.1) is 11.3 Å². The number of pyridine rings is 1. The highest BCUT2D eigenvalue weighted by molar-refractivity contribution is 7.86. The summed E-state index contributed by atoms with van der Waals surface area (Å²) in [6.07, 6.45) is 7.38. The van der Waals surface area contributed by atoms with Crippen LogP contribution in [0.15, 0.2) is 55.2 Å². The van der Waals surface area contributed by atoms with Crippen LogP contribution in [0.1, 0.15) is 22.4 Å². The lowest BCUT2D eigenvalue weighted by molar-refractivity contribution is 0.297. The first-order chi connectivity index (χ1) is 15.4. The predicted molar refractivity (Wildman–Crippen MR) is 121 cm³/mol. The van der Waals surface area contributed by atoms with Gasteiger partial charge in [0.1, 0.15) is 0 Å². The maximum absolute atomic E-state index is 13.4. The molecule has 1 aromatic carbocycles. The van der Waals surface area contributed by atoms with Crippen molar-refractivity contribution in [3.63, 3.8) is 0 Å². The Bertz CT molecular complexity index is 1200. The van der Waals surface area contributed by atoms with Gasteiger partial charge in [-0.05, 0) is 41.8 Å². The Morgan fingerprint density at radius 1 is 1.25 bits per heavy atom. The Kier molecular flexibility index (Phi) is 6.23. The zero-order valence-corrected chi connectivity index (χ0v) is 18.8. The highest BCUT2D eigenvalue weighted by Crippen LogP contribution is 2.32. The van der Waals surface area contributed by atoms with E-state index < -0.39 is 10.2 Å². The van der Waals surface area contributed by atoms with Crippen LogP contribution in [0.3, 0.4) is 0 Å². The minimum Gasteiger partial charge on any atom is -0.364 e. The largest absolute Gasteiger partial charge is 0.364 e. The SMILES string of the molecule is CN(C)S(=O)(=O)N1Cc2cc(C#N)ccc2N(Cc2cnc[nH]2)CC1Cc1cccnc1. The molecule has 0 spiro atoms. The van der Waals surface area contributed by atoms with Gasteiger partial charge in [-0.3, -0.25) is 4.98 Å². The summed E-state index contributed by atoms with van der Waals surface area (Å²) in [5.74, 6) is 0. The lowest BCUT2D eigenvalue weighted by atomic mass is 10.1. The fraction of sp³-hybridized carbons (Fsp3) is 0.318. The van der Waals surface area contributed by atoms with E-state index in [2.05, 4.69) is 25.9 Å². The number of nitriles is 1. The molecule has 0 saturated carbocycles. The Hall–Kier alpha value is -3.26. The molecule has 10 heteroatoms. The second kappa shape index (κ2) is 9.08. The molecule has 166 valence electrons. The number of aromatic nitrogens is 3. The van der Waals surface area contributed by atoms with Crippen molar-refractivity contribution < 1.29 is 8.42 Å². The lowest BCUT2D eigenvalue weighted by Gasteiger charge is -2.33. The molecular weight excluding hydrogens is 426 g/mol. The van der Waals surface area contributed by atoms with E-state index in [0.717, 1.165) is 22.5 Å². The smallest absolute Gasteiger partial charge is 0.282 e. The normalized spacial score (nSPS) is 17.1. The van der Waals surface area contributed by atoms with Crippen LogP contribution in [0.5, 0.6) is 0 Å². The van der Waals surface area contributed by atoms with E-state index in [4.69, 9.17) is 0 Å². The molecule has 32 heavy (non-hydrogen) atoms. The van der Waals surface area contributed by atoms with Crippen LogP contribution in [0.2, 0.25) is 0 Å². The summed E-state index contributed by atoms with van der Waals surface area (Å²) in [5, 5.41) is 9.42. The van der Waals surface area contributed by atoms with Gasteiger partial charge in [-0.2, -0.15) is 22.3 Å². The summed E-state index contributed by atoms with van der Waals surface area (Å²) in [6.45, 7) is 1.19. The first kappa shape index (κ1) is 22.0. The van der Waals surface area contributed by atoms with Crippen LogP contribution >= 0.6 is 0 Å². The number of hydrogen-bond donors (Lipinski definition) is 1. The van der Waals surface area contributed by atoms with E-state index in [9.17, 15) is 13.7 Å². The number of H-pyrrole nitrogens is 1. The Labute approximate surface area is 188 Å². The molecule has 4 rings (SSSR count). The van der Waals surface area contributed by atoms with E-state index in [1.54, 1.807) is 37.1 Å². The van der Waals surface area contributed by atoms with Crippen LogP contribution in [0.4, 0.5) is 5.69 Å². The third kappa shape index (κ3) is 4.50. The van der Waals surface area contributed by atoms with Gasteiger partial charge in [-0.1, -0.05) is 6.07 Å². The topological polar surface area (TPSA) is 109 Å². The molecule has 1 aliphatic heterocycles. The summed E-state index contributed by atoms with van der Waals surface area (Å²) < 4.78 is 29.5. The minimum absolute atomic E-state index is 0.176. The average molecular weight is 452 g/mol. The van der Waals surface area contributed by atoms with Gasteiger partial charge in [0.15, 0.2) is 0 Å². The summed E-state index contributed by atoms with van der Waals surface area (Å²) in [6, 6.07) is 11.1. The number of nitrogens with one attached hydrogen (secondary N) is 1. The minimum atomic E-state index is -3.72. The molecule has 9 nitrogen and oxygen atoms in total. The fourth-order valence-corrected chi connectivity index (χ4v) is 5.23. The van der Waals surface area contributed by atoms with Crippen molar-refractivity contribution in [1.29, 1.82) is 5.26 Å². The first-order valence-corrected chi connectivity index (χ1v) is 11.6. The standard InChI is InChI=1S/C22H25N7O2S/c1-27(2)32(30,31)29-13-19-8-17(10-23)5-6-22(19)28(14-20-12-25-16-26-20)15-21(29)9-18-4-3-7-24-11-18/h3-8,11-12,16,21H,9,13-15H2,1-2H3,(H,25,26). The highest BCUT2D eigenvalue weighted by atomic mass is 32.2. The Morgan fingerprint density at radius 3 is 2.75 bits per heavy atom. The van der Waals surface area contributed by atoms with Gasteiger partial charge >= 0.3 is 0 Å². The molecule has 1 aliphatic rings. The van der Waals surface area contributed by atoms with Gasteiger partial charge in [0.2, 0.25) is 0 Å². The molecule has 0 saturated heterocycles. The molecular formula is C22H25N7O2S. The van der Waals surface area contributed by atoms with Gasteiger partial charge in [-0.15, -0.1) is 0 Å². The molecule has 1 unspecified atom stereocenters. The third-order valence-corrected chi connectivity index (χ3v) is 7.52. The third-order valence-electron chi connectivity index (χ3n) is 5.58. The molecule has 3 aromatic rings. The molecule has 0 aliphatic carbocycles. The Balaban J connectivity index is 1.81. The van der Waals surface area contributed by atoms with Crippen LogP contribution in [-0.4, -0.2) is 58.7 Å². The van der Waals surface area contributed by atoms with Gasteiger partial charge in [0.25, 0.3) is 10.2 Å². The summed E-state index contributed by atoms with van der Waals surface area (Å²) in [5.41, 5.74) is 4.08. The number of fused-ring (bicyclic) bond motifs is 1. The number of anilines is 1. The fourth-order valence-electron chi connectivity index (χ4n) is 3.99. The highest BCUT2D eigenvalue weighted by Gasteiger charge is 2.37. The average Bonchev–Trinajstić information content (AvgIpc) is 3.24. The second-order valence-electron chi connectivity index (χ2n) is 7.97. The zero-order valence-electron chi connectivity index (χ0n) is 18.0. The van der Waals surface area contributed by atoms with Crippen molar-refractivity contribution in [1.82, 2.24) is 23.6 Å². The second-order valence-corrected chi connectivity index (χ2v) is 10.1. The number of rotatable bonds is 6. The van der Waals surface area contributed by atoms with Crippen LogP contribution < -0.4 is 4.90 Å². The van der Waals surface area contributed by atoms with Crippen molar-refractivity contribution in [2.75, 3.05) is 25.5 Å². The van der Waals surface area contributed by atoms with Crippen molar-refractivity contribution in [2.24, 2.45) is 0 Å². The van der Waals surface area contributed by atoms with Gasteiger partial charge in [0, 0.05) is 57.5 Å². The maximum atomic E-state index is 13.4. The van der Waals surface area contributed by atoms with Crippen molar-refractivity contribution in [2.45, 2.75) is 25.6 Å². The lowest BCUT2D eigenvalue weighted by Crippen LogP contribution is -2.49. The molecule has 1 N–H and O–H groups in total. The molecule has 0 radical (unpaired) electrons. The van der Waals surface area contributed by atoms with Crippen LogP contribution in [0.25, 0.3) is 0 Å². The molecule has 0 bridgehead atoms. The van der Waals surface area contributed by atoms with E-state index in [0.29, 0.717) is 25.1 Å². The van der Waals surface area contributed by atoms with Gasteiger partial charge in [0.05, 0.1) is 30.2 Å². The van der Waals surface area contributed by atoms with Crippen molar-refractivity contribution >= 4 is 15.9 Å². The summed E-state index contributed by atoms with van der Waals surface area (Å²) >= 11 is 0. The maximum Gasteiger partial charge on any atom is 0.282 e. The van der Waals surface area contributed by atoms with Crippen molar-refractivity contribution in [3.05, 3.63) is 77.6 Å². The van der Waals surface area contributed by atoms with Crippen LogP contribution in [-0.2, 0) is 29.7 Å². The number of benzene rings is 1. The monoisotopic (exact) mass is 451 g/mol. The van der Waals surface area contributed by atoms with E-state index in [1.165, 1.54) is 22.7 Å². The van der Waals surface area contributed by atoms with E-state index in [-0.39, 0.29) is 12.6 Å². The molecule has 0 fully saturated rings. The zero-order chi connectivity index (χ0) is 22.7.